The van der Waals surface area contributed by atoms with Crippen LogP contribution < -0.4 is 14.4 Å². The summed E-state index contributed by atoms with van der Waals surface area (Å²) in [6.45, 7) is 9.84. The van der Waals surface area contributed by atoms with Crippen LogP contribution in [0, 0.1) is 12.8 Å². The topological polar surface area (TPSA) is 106 Å². The summed E-state index contributed by atoms with van der Waals surface area (Å²) in [6.07, 6.45) is 1.56. The molecule has 1 saturated heterocycles. The standard InChI is InChI=1S/C31H32N2O6S/c1-16(2)11-12-38-23-8-6-7-20(15-23)26-25(27(35)21-9-10-24-22(14-21)13-17(3)39-24)28(36)30(37)33(26)31-32-18(4)29(40-31)19(5)34/h6-10,14-17,26,35H,11-13H2,1-5H3/t17-,26+/m0/s1. The highest BCUT2D eigenvalue weighted by Gasteiger charge is 2.48. The molecule has 1 amide bonds. The third kappa shape index (κ3) is 5.13. The van der Waals surface area contributed by atoms with Gasteiger partial charge in [-0.3, -0.25) is 19.3 Å². The molecule has 3 aromatic rings. The van der Waals surface area contributed by atoms with Gasteiger partial charge in [-0.1, -0.05) is 37.3 Å². The first-order chi connectivity index (χ1) is 19.0. The molecule has 0 bridgehead atoms. The average molecular weight is 561 g/mol. The average Bonchev–Trinajstić information content (AvgIpc) is 3.55. The van der Waals surface area contributed by atoms with Gasteiger partial charge in [0.25, 0.3) is 5.78 Å². The van der Waals surface area contributed by atoms with Crippen LogP contribution in [0.1, 0.15) is 72.2 Å². The summed E-state index contributed by atoms with van der Waals surface area (Å²) in [5.74, 6) is -0.298. The van der Waals surface area contributed by atoms with Crippen molar-refractivity contribution in [1.29, 1.82) is 0 Å². The molecule has 0 unspecified atom stereocenters. The molecule has 2 aliphatic rings. The van der Waals surface area contributed by atoms with Crippen LogP contribution in [0.25, 0.3) is 5.76 Å². The molecule has 9 heteroatoms. The van der Waals surface area contributed by atoms with Crippen molar-refractivity contribution in [2.45, 2.75) is 59.6 Å². The molecule has 2 atom stereocenters. The van der Waals surface area contributed by atoms with Crippen LogP contribution in [0.15, 0.2) is 48.0 Å². The Hall–Kier alpha value is -3.98. The molecule has 0 radical (unpaired) electrons. The van der Waals surface area contributed by atoms with Gasteiger partial charge in [-0.05, 0) is 67.6 Å². The molecule has 0 spiro atoms. The van der Waals surface area contributed by atoms with Crippen molar-refractivity contribution in [3.8, 4) is 11.5 Å². The summed E-state index contributed by atoms with van der Waals surface area (Å²) in [5, 5.41) is 11.8. The number of carbonyl (C=O) groups is 3. The molecule has 1 N–H and O–H groups in total. The lowest BCUT2D eigenvalue weighted by Crippen LogP contribution is -2.29. The number of aromatic nitrogens is 1. The number of ketones is 2. The first-order valence-electron chi connectivity index (χ1n) is 13.4. The Morgan fingerprint density at radius 3 is 2.70 bits per heavy atom. The maximum Gasteiger partial charge on any atom is 0.301 e. The van der Waals surface area contributed by atoms with E-state index < -0.39 is 17.7 Å². The third-order valence-corrected chi connectivity index (χ3v) is 8.32. The Morgan fingerprint density at radius 1 is 1.23 bits per heavy atom. The van der Waals surface area contributed by atoms with Gasteiger partial charge in [-0.25, -0.2) is 4.98 Å². The van der Waals surface area contributed by atoms with Gasteiger partial charge in [-0.15, -0.1) is 0 Å². The minimum atomic E-state index is -0.970. The summed E-state index contributed by atoms with van der Waals surface area (Å²) >= 11 is 1.06. The Labute approximate surface area is 237 Å². The zero-order valence-electron chi connectivity index (χ0n) is 23.2. The fourth-order valence-corrected chi connectivity index (χ4v) is 6.06. The predicted molar refractivity (Wildman–Crippen MR) is 153 cm³/mol. The number of Topliss-reactive ketones (excluding diaryl/α,β-unsaturated/α-hetero) is 2. The lowest BCUT2D eigenvalue weighted by Gasteiger charge is -2.23. The molecular formula is C31H32N2O6S. The van der Waals surface area contributed by atoms with Gasteiger partial charge in [0, 0.05) is 18.9 Å². The van der Waals surface area contributed by atoms with Gasteiger partial charge < -0.3 is 14.6 Å². The van der Waals surface area contributed by atoms with Crippen molar-refractivity contribution in [3.63, 3.8) is 0 Å². The van der Waals surface area contributed by atoms with Crippen LogP contribution in [-0.2, 0) is 16.0 Å². The van der Waals surface area contributed by atoms with E-state index >= 15 is 0 Å². The van der Waals surface area contributed by atoms with E-state index in [0.717, 1.165) is 29.1 Å². The normalized spacial score (nSPS) is 19.7. The summed E-state index contributed by atoms with van der Waals surface area (Å²) in [5.41, 5.74) is 2.35. The van der Waals surface area contributed by atoms with Gasteiger partial charge in [0.05, 0.1) is 28.8 Å². The van der Waals surface area contributed by atoms with Crippen LogP contribution in [0.5, 0.6) is 11.5 Å². The molecule has 5 rings (SSSR count). The smallest absolute Gasteiger partial charge is 0.301 e. The maximum atomic E-state index is 13.6. The number of aliphatic hydroxyl groups excluding tert-OH is 1. The molecule has 3 heterocycles. The van der Waals surface area contributed by atoms with E-state index in [1.807, 2.05) is 13.0 Å². The quantitative estimate of drug-likeness (QED) is 0.155. The summed E-state index contributed by atoms with van der Waals surface area (Å²) in [7, 11) is 0. The Morgan fingerprint density at radius 2 is 2.00 bits per heavy atom. The maximum absolute atomic E-state index is 13.6. The van der Waals surface area contributed by atoms with Gasteiger partial charge in [0.1, 0.15) is 23.4 Å². The number of aliphatic hydroxyl groups is 1. The van der Waals surface area contributed by atoms with Crippen molar-refractivity contribution in [2.24, 2.45) is 5.92 Å². The van der Waals surface area contributed by atoms with E-state index in [1.54, 1.807) is 43.3 Å². The van der Waals surface area contributed by atoms with Crippen molar-refractivity contribution in [1.82, 2.24) is 4.98 Å². The van der Waals surface area contributed by atoms with Gasteiger partial charge in [0.2, 0.25) is 0 Å². The number of amides is 1. The highest BCUT2D eigenvalue weighted by molar-refractivity contribution is 7.18. The molecule has 1 fully saturated rings. The second-order valence-electron chi connectivity index (χ2n) is 10.7. The molecular weight excluding hydrogens is 528 g/mol. The highest BCUT2D eigenvalue weighted by Crippen LogP contribution is 2.45. The first kappa shape index (κ1) is 27.6. The van der Waals surface area contributed by atoms with E-state index in [2.05, 4.69) is 18.8 Å². The number of ether oxygens (including phenoxy) is 2. The molecule has 8 nitrogen and oxygen atoms in total. The predicted octanol–water partition coefficient (Wildman–Crippen LogP) is 6.03. The van der Waals surface area contributed by atoms with Crippen LogP contribution in [0.4, 0.5) is 5.13 Å². The molecule has 1 aromatic heterocycles. The van der Waals surface area contributed by atoms with E-state index in [-0.39, 0.29) is 28.4 Å². The number of aryl methyl sites for hydroxylation is 1. The Balaban J connectivity index is 1.64. The summed E-state index contributed by atoms with van der Waals surface area (Å²) in [4.78, 5) is 45.5. The largest absolute Gasteiger partial charge is 0.507 e. The number of thiazole rings is 1. The zero-order chi connectivity index (χ0) is 28.7. The van der Waals surface area contributed by atoms with Gasteiger partial charge in [-0.2, -0.15) is 0 Å². The van der Waals surface area contributed by atoms with E-state index in [1.165, 1.54) is 11.8 Å². The minimum Gasteiger partial charge on any atom is -0.507 e. The molecule has 0 aliphatic carbocycles. The second kappa shape index (κ2) is 10.9. The SMILES string of the molecule is CC(=O)c1sc(N2C(=O)C(=O)C(=C(O)c3ccc4c(c3)C[C@H](C)O4)[C@H]2c2cccc(OCCC(C)C)c2)nc1C. The number of anilines is 1. The number of nitrogens with zero attached hydrogens (tertiary/aromatic N) is 2. The number of fused-ring (bicyclic) bond motifs is 1. The molecule has 208 valence electrons. The van der Waals surface area contributed by atoms with Crippen molar-refractivity contribution in [2.75, 3.05) is 11.5 Å². The first-order valence-corrected chi connectivity index (χ1v) is 14.2. The highest BCUT2D eigenvalue weighted by atomic mass is 32.1. The number of hydrogen-bond acceptors (Lipinski definition) is 8. The number of rotatable bonds is 8. The molecule has 2 aliphatic heterocycles. The van der Waals surface area contributed by atoms with Gasteiger partial charge in [0.15, 0.2) is 10.9 Å². The lowest BCUT2D eigenvalue weighted by molar-refractivity contribution is -0.132. The molecule has 2 aromatic carbocycles. The number of hydrogen-bond donors (Lipinski definition) is 1. The fraction of sp³-hybridized carbons (Fsp3) is 0.355. The van der Waals surface area contributed by atoms with Crippen LogP contribution in [-0.4, -0.2) is 40.3 Å². The lowest BCUT2D eigenvalue weighted by atomic mass is 9.94. The van der Waals surface area contributed by atoms with E-state index in [9.17, 15) is 19.5 Å². The number of carbonyl (C=O) groups excluding carboxylic acids is 3. The molecule has 40 heavy (non-hydrogen) atoms. The number of benzene rings is 2. The van der Waals surface area contributed by atoms with E-state index in [4.69, 9.17) is 9.47 Å². The van der Waals surface area contributed by atoms with Crippen molar-refractivity contribution >= 4 is 39.7 Å². The Kier molecular flexibility index (Phi) is 7.51. The van der Waals surface area contributed by atoms with Crippen LogP contribution >= 0.6 is 11.3 Å². The molecule has 0 saturated carbocycles. The monoisotopic (exact) mass is 560 g/mol. The van der Waals surface area contributed by atoms with Crippen molar-refractivity contribution < 1.29 is 29.0 Å². The minimum absolute atomic E-state index is 0.0139. The summed E-state index contributed by atoms with van der Waals surface area (Å²) < 4.78 is 11.8. The fourth-order valence-electron chi connectivity index (χ4n) is 5.07. The van der Waals surface area contributed by atoms with E-state index in [0.29, 0.717) is 46.4 Å². The third-order valence-electron chi connectivity index (χ3n) is 7.06. The van der Waals surface area contributed by atoms with Crippen LogP contribution in [0.2, 0.25) is 0 Å². The summed E-state index contributed by atoms with van der Waals surface area (Å²) in [6, 6.07) is 11.5. The van der Waals surface area contributed by atoms with Crippen LogP contribution in [0.3, 0.4) is 0 Å². The zero-order valence-corrected chi connectivity index (χ0v) is 24.0. The Bertz CT molecular complexity index is 1540. The second-order valence-corrected chi connectivity index (χ2v) is 11.7. The van der Waals surface area contributed by atoms with Gasteiger partial charge >= 0.3 is 5.91 Å². The van der Waals surface area contributed by atoms with Crippen molar-refractivity contribution in [3.05, 3.63) is 75.3 Å².